The number of amides is 1. The van der Waals surface area contributed by atoms with Crippen molar-refractivity contribution in [1.29, 1.82) is 0 Å². The van der Waals surface area contributed by atoms with Crippen molar-refractivity contribution in [2.45, 2.75) is 25.0 Å². The maximum atomic E-state index is 12.2. The van der Waals surface area contributed by atoms with Gasteiger partial charge in [0.05, 0.1) is 5.60 Å². The van der Waals surface area contributed by atoms with E-state index in [4.69, 9.17) is 4.74 Å². The zero-order chi connectivity index (χ0) is 16.8. The molecule has 2 heterocycles. The molecule has 0 unspecified atom stereocenters. The van der Waals surface area contributed by atoms with Crippen LogP contribution in [0, 0.1) is 0 Å². The molecule has 2 aliphatic heterocycles. The summed E-state index contributed by atoms with van der Waals surface area (Å²) < 4.78 is 5.38. The summed E-state index contributed by atoms with van der Waals surface area (Å²) in [5.74, 6) is 0. The molecule has 3 rings (SSSR count). The molecule has 1 aromatic carbocycles. The lowest BCUT2D eigenvalue weighted by molar-refractivity contribution is -0.0303. The molecule has 1 amide bonds. The molecule has 2 fully saturated rings. The molecule has 0 atom stereocenters. The van der Waals surface area contributed by atoms with Gasteiger partial charge in [-0.2, -0.15) is 0 Å². The topological polar surface area (TPSA) is 65.0 Å². The van der Waals surface area contributed by atoms with Crippen LogP contribution in [-0.2, 0) is 11.3 Å². The molecule has 6 nitrogen and oxygen atoms in total. The van der Waals surface area contributed by atoms with E-state index >= 15 is 0 Å². The van der Waals surface area contributed by atoms with E-state index in [9.17, 15) is 9.90 Å². The first kappa shape index (κ1) is 17.2. The van der Waals surface area contributed by atoms with Crippen LogP contribution >= 0.6 is 0 Å². The first-order valence-corrected chi connectivity index (χ1v) is 8.76. The quantitative estimate of drug-likeness (QED) is 0.862. The number of ether oxygens (including phenoxy) is 1. The minimum atomic E-state index is -0.582. The molecule has 0 bridgehead atoms. The van der Waals surface area contributed by atoms with Crippen LogP contribution in [0.4, 0.5) is 4.79 Å². The Morgan fingerprint density at radius 2 is 1.79 bits per heavy atom. The van der Waals surface area contributed by atoms with Gasteiger partial charge >= 0.3 is 6.09 Å². The Kier molecular flexibility index (Phi) is 5.71. The van der Waals surface area contributed by atoms with Gasteiger partial charge in [0, 0.05) is 32.7 Å². The number of hydrogen-bond donors (Lipinski definition) is 2. The van der Waals surface area contributed by atoms with Crippen LogP contribution in [0.25, 0.3) is 0 Å². The summed E-state index contributed by atoms with van der Waals surface area (Å²) in [4.78, 5) is 16.2. The van der Waals surface area contributed by atoms with Crippen molar-refractivity contribution >= 4 is 6.09 Å². The van der Waals surface area contributed by atoms with E-state index in [-0.39, 0.29) is 6.09 Å². The third-order valence-corrected chi connectivity index (χ3v) is 4.89. The van der Waals surface area contributed by atoms with E-state index < -0.39 is 5.60 Å². The standard InChI is InChI=1S/C18H27N3O3/c22-17(24-14-16-4-2-1-3-5-16)21-12-10-20(11-13-21)15-18(23)6-8-19-9-7-18/h1-5,19,23H,6-15H2. The van der Waals surface area contributed by atoms with Crippen LogP contribution in [0.2, 0.25) is 0 Å². The monoisotopic (exact) mass is 333 g/mol. The van der Waals surface area contributed by atoms with Gasteiger partial charge in [0.15, 0.2) is 0 Å². The van der Waals surface area contributed by atoms with Crippen molar-refractivity contribution in [3.05, 3.63) is 35.9 Å². The van der Waals surface area contributed by atoms with Gasteiger partial charge in [-0.15, -0.1) is 0 Å². The molecule has 24 heavy (non-hydrogen) atoms. The molecule has 0 saturated carbocycles. The van der Waals surface area contributed by atoms with Crippen molar-refractivity contribution in [2.75, 3.05) is 45.8 Å². The lowest BCUT2D eigenvalue weighted by atomic mass is 9.91. The average Bonchev–Trinajstić information content (AvgIpc) is 2.61. The predicted octanol–water partition coefficient (Wildman–Crippen LogP) is 1.06. The van der Waals surface area contributed by atoms with Gasteiger partial charge < -0.3 is 20.1 Å². The van der Waals surface area contributed by atoms with E-state index in [1.165, 1.54) is 0 Å². The summed E-state index contributed by atoms with van der Waals surface area (Å²) in [5.41, 5.74) is 0.416. The number of nitrogens with zero attached hydrogens (tertiary/aromatic N) is 2. The molecule has 6 heteroatoms. The van der Waals surface area contributed by atoms with Crippen LogP contribution in [0.15, 0.2) is 30.3 Å². The van der Waals surface area contributed by atoms with Gasteiger partial charge in [0.1, 0.15) is 6.61 Å². The average molecular weight is 333 g/mol. The molecule has 2 aliphatic rings. The van der Waals surface area contributed by atoms with Gasteiger partial charge in [0.25, 0.3) is 0 Å². The Morgan fingerprint density at radius 3 is 2.46 bits per heavy atom. The van der Waals surface area contributed by atoms with E-state index in [0.29, 0.717) is 26.2 Å². The van der Waals surface area contributed by atoms with E-state index in [2.05, 4.69) is 10.2 Å². The molecular formula is C18H27N3O3. The number of β-amino-alcohol motifs (C(OH)–C–C–N with tert-alkyl or cyclic N) is 1. The minimum Gasteiger partial charge on any atom is -0.445 e. The summed E-state index contributed by atoms with van der Waals surface area (Å²) in [7, 11) is 0. The van der Waals surface area contributed by atoms with Gasteiger partial charge in [-0.3, -0.25) is 4.90 Å². The first-order valence-electron chi connectivity index (χ1n) is 8.76. The van der Waals surface area contributed by atoms with Crippen molar-refractivity contribution < 1.29 is 14.6 Å². The number of benzene rings is 1. The Hall–Kier alpha value is -1.63. The number of hydrogen-bond acceptors (Lipinski definition) is 5. The summed E-state index contributed by atoms with van der Waals surface area (Å²) in [6.45, 7) is 5.65. The zero-order valence-electron chi connectivity index (χ0n) is 14.1. The molecular weight excluding hydrogens is 306 g/mol. The van der Waals surface area contributed by atoms with Gasteiger partial charge in [-0.1, -0.05) is 30.3 Å². The molecule has 2 saturated heterocycles. The van der Waals surface area contributed by atoms with E-state index in [0.717, 1.165) is 44.6 Å². The van der Waals surface area contributed by atoms with Crippen molar-refractivity contribution in [3.63, 3.8) is 0 Å². The second-order valence-corrected chi connectivity index (χ2v) is 6.78. The maximum absolute atomic E-state index is 12.2. The molecule has 0 radical (unpaired) electrons. The number of nitrogens with one attached hydrogen (secondary N) is 1. The fourth-order valence-electron chi connectivity index (χ4n) is 3.37. The van der Waals surface area contributed by atoms with Crippen LogP contribution in [-0.4, -0.2) is 72.4 Å². The predicted molar refractivity (Wildman–Crippen MR) is 91.7 cm³/mol. The molecule has 132 valence electrons. The Balaban J connectivity index is 1.40. The number of rotatable bonds is 4. The molecule has 1 aromatic rings. The highest BCUT2D eigenvalue weighted by molar-refractivity contribution is 5.67. The SMILES string of the molecule is O=C(OCc1ccccc1)N1CCN(CC2(O)CCNCC2)CC1. The lowest BCUT2D eigenvalue weighted by Gasteiger charge is -2.40. The molecule has 2 N–H and O–H groups in total. The largest absolute Gasteiger partial charge is 0.445 e. The van der Waals surface area contributed by atoms with Gasteiger partial charge in [-0.05, 0) is 31.5 Å². The summed E-state index contributed by atoms with van der Waals surface area (Å²) in [5, 5.41) is 13.9. The van der Waals surface area contributed by atoms with Gasteiger partial charge in [-0.25, -0.2) is 4.79 Å². The molecule has 0 aromatic heterocycles. The number of piperidine rings is 1. The van der Waals surface area contributed by atoms with Crippen LogP contribution < -0.4 is 5.32 Å². The van der Waals surface area contributed by atoms with Gasteiger partial charge in [0.2, 0.25) is 0 Å². The maximum Gasteiger partial charge on any atom is 0.410 e. The zero-order valence-corrected chi connectivity index (χ0v) is 14.1. The van der Waals surface area contributed by atoms with Crippen molar-refractivity contribution in [3.8, 4) is 0 Å². The Bertz CT molecular complexity index is 524. The second-order valence-electron chi connectivity index (χ2n) is 6.78. The number of carbonyl (C=O) groups is 1. The summed E-state index contributed by atoms with van der Waals surface area (Å²) in [6, 6.07) is 9.72. The van der Waals surface area contributed by atoms with Crippen LogP contribution in [0.1, 0.15) is 18.4 Å². The highest BCUT2D eigenvalue weighted by atomic mass is 16.6. The third kappa shape index (κ3) is 4.69. The Morgan fingerprint density at radius 1 is 1.12 bits per heavy atom. The van der Waals surface area contributed by atoms with Crippen molar-refractivity contribution in [1.82, 2.24) is 15.1 Å². The van der Waals surface area contributed by atoms with Crippen molar-refractivity contribution in [2.24, 2.45) is 0 Å². The fourth-order valence-corrected chi connectivity index (χ4v) is 3.37. The second kappa shape index (κ2) is 7.96. The number of carbonyl (C=O) groups excluding carboxylic acids is 1. The summed E-state index contributed by atoms with van der Waals surface area (Å²) in [6.07, 6.45) is 1.35. The fraction of sp³-hybridized carbons (Fsp3) is 0.611. The smallest absolute Gasteiger partial charge is 0.410 e. The normalized spacial score (nSPS) is 21.5. The highest BCUT2D eigenvalue weighted by Gasteiger charge is 2.33. The number of piperazine rings is 1. The third-order valence-electron chi connectivity index (χ3n) is 4.89. The summed E-state index contributed by atoms with van der Waals surface area (Å²) >= 11 is 0. The Labute approximate surface area is 143 Å². The first-order chi connectivity index (χ1) is 11.6. The number of aliphatic hydroxyl groups is 1. The van der Waals surface area contributed by atoms with E-state index in [1.807, 2.05) is 30.3 Å². The van der Waals surface area contributed by atoms with Crippen LogP contribution in [0.3, 0.4) is 0 Å². The minimum absolute atomic E-state index is 0.251. The van der Waals surface area contributed by atoms with Crippen LogP contribution in [0.5, 0.6) is 0 Å². The van der Waals surface area contributed by atoms with E-state index in [1.54, 1.807) is 4.90 Å². The molecule has 0 spiro atoms. The molecule has 0 aliphatic carbocycles. The lowest BCUT2D eigenvalue weighted by Crippen LogP contribution is -2.55. The highest BCUT2D eigenvalue weighted by Crippen LogP contribution is 2.20.